The van der Waals surface area contributed by atoms with Crippen LogP contribution in [0.25, 0.3) is 0 Å². The molecule has 0 aromatic heterocycles. The second kappa shape index (κ2) is 6.94. The zero-order valence-corrected chi connectivity index (χ0v) is 11.8. The summed E-state index contributed by atoms with van der Waals surface area (Å²) in [5.74, 6) is 0.387. The Labute approximate surface area is 118 Å². The monoisotopic (exact) mass is 280 g/mol. The van der Waals surface area contributed by atoms with E-state index in [1.165, 1.54) is 0 Å². The first-order valence-corrected chi connectivity index (χ1v) is 6.59. The van der Waals surface area contributed by atoms with Crippen molar-refractivity contribution in [3.05, 3.63) is 0 Å². The number of carbonyl (C=O) groups excluding carboxylic acids is 2. The van der Waals surface area contributed by atoms with E-state index in [0.717, 1.165) is 0 Å². The molecule has 0 saturated carbocycles. The smallest absolute Gasteiger partial charge is 0.327 e. The van der Waals surface area contributed by atoms with Gasteiger partial charge in [0.25, 0.3) is 0 Å². The van der Waals surface area contributed by atoms with Crippen molar-refractivity contribution in [3.8, 4) is 12.3 Å². The molecule has 1 heterocycles. The number of nitrogens with zero attached hydrogens (tertiary/aromatic N) is 1. The summed E-state index contributed by atoms with van der Waals surface area (Å²) in [6.45, 7) is 4.93. The highest BCUT2D eigenvalue weighted by Gasteiger charge is 2.35. The van der Waals surface area contributed by atoms with Crippen LogP contribution in [0, 0.1) is 24.2 Å². The average Bonchev–Trinajstić information content (AvgIpc) is 2.69. The maximum absolute atomic E-state index is 12.0. The van der Waals surface area contributed by atoms with Gasteiger partial charge in [-0.3, -0.25) is 9.59 Å². The molecule has 110 valence electrons. The molecule has 6 nitrogen and oxygen atoms in total. The molecule has 2 amide bonds. The Morgan fingerprint density at radius 1 is 1.55 bits per heavy atom. The predicted molar refractivity (Wildman–Crippen MR) is 72.5 cm³/mol. The molecule has 1 fully saturated rings. The van der Waals surface area contributed by atoms with E-state index in [4.69, 9.17) is 11.5 Å². The highest BCUT2D eigenvalue weighted by molar-refractivity contribution is 5.91. The van der Waals surface area contributed by atoms with Gasteiger partial charge < -0.3 is 15.3 Å². The first-order valence-electron chi connectivity index (χ1n) is 6.59. The lowest BCUT2D eigenvalue weighted by Gasteiger charge is -2.19. The molecule has 0 radical (unpaired) electrons. The van der Waals surface area contributed by atoms with Gasteiger partial charge in [0.15, 0.2) is 0 Å². The summed E-state index contributed by atoms with van der Waals surface area (Å²) in [7, 11) is 0. The largest absolute Gasteiger partial charge is 0.480 e. The number of nitrogens with one attached hydrogen (secondary N) is 1. The van der Waals surface area contributed by atoms with Gasteiger partial charge in [0.2, 0.25) is 11.8 Å². The van der Waals surface area contributed by atoms with E-state index in [9.17, 15) is 14.4 Å². The number of carbonyl (C=O) groups is 3. The lowest BCUT2D eigenvalue weighted by atomic mass is 10.1. The minimum absolute atomic E-state index is 0.0670. The van der Waals surface area contributed by atoms with Crippen LogP contribution < -0.4 is 5.32 Å². The number of aliphatic carboxylic acids is 1. The van der Waals surface area contributed by atoms with Gasteiger partial charge in [-0.05, 0) is 5.92 Å². The van der Waals surface area contributed by atoms with E-state index in [-0.39, 0.29) is 18.7 Å². The van der Waals surface area contributed by atoms with E-state index >= 15 is 0 Å². The molecule has 1 aliphatic rings. The van der Waals surface area contributed by atoms with Gasteiger partial charge in [0.1, 0.15) is 6.04 Å². The van der Waals surface area contributed by atoms with E-state index in [1.807, 2.05) is 13.8 Å². The molecule has 0 bridgehead atoms. The second-order valence-electron chi connectivity index (χ2n) is 5.40. The molecule has 2 unspecified atom stereocenters. The van der Waals surface area contributed by atoms with Crippen LogP contribution in [0.2, 0.25) is 0 Å². The van der Waals surface area contributed by atoms with Gasteiger partial charge in [-0.1, -0.05) is 13.8 Å². The van der Waals surface area contributed by atoms with Crippen molar-refractivity contribution < 1.29 is 19.5 Å². The number of amides is 2. The number of likely N-dealkylation sites (tertiary alicyclic amines) is 1. The van der Waals surface area contributed by atoms with E-state index in [0.29, 0.717) is 19.0 Å². The summed E-state index contributed by atoms with van der Waals surface area (Å²) in [6, 6.07) is -1.10. The average molecular weight is 280 g/mol. The van der Waals surface area contributed by atoms with Gasteiger partial charge in [0, 0.05) is 25.9 Å². The Morgan fingerprint density at radius 3 is 2.70 bits per heavy atom. The maximum atomic E-state index is 12.0. The Hall–Kier alpha value is -2.03. The zero-order valence-electron chi connectivity index (χ0n) is 11.8. The zero-order chi connectivity index (χ0) is 15.3. The van der Waals surface area contributed by atoms with Crippen LogP contribution in [0.15, 0.2) is 0 Å². The quantitative estimate of drug-likeness (QED) is 0.675. The molecule has 1 aliphatic heterocycles. The van der Waals surface area contributed by atoms with Crippen molar-refractivity contribution in [2.24, 2.45) is 11.8 Å². The SMILES string of the molecule is C#CCC(NC(=O)C1CC(=O)N(CC(C)C)C1)C(=O)O. The van der Waals surface area contributed by atoms with Gasteiger partial charge >= 0.3 is 5.97 Å². The van der Waals surface area contributed by atoms with Crippen molar-refractivity contribution in [2.75, 3.05) is 13.1 Å². The van der Waals surface area contributed by atoms with Crippen molar-refractivity contribution in [1.82, 2.24) is 10.2 Å². The fourth-order valence-corrected chi connectivity index (χ4v) is 2.17. The highest BCUT2D eigenvalue weighted by atomic mass is 16.4. The first kappa shape index (κ1) is 16.0. The summed E-state index contributed by atoms with van der Waals surface area (Å²) >= 11 is 0. The van der Waals surface area contributed by atoms with Crippen molar-refractivity contribution >= 4 is 17.8 Å². The lowest BCUT2D eigenvalue weighted by molar-refractivity contribution is -0.142. The molecule has 0 aromatic rings. The number of hydrogen-bond acceptors (Lipinski definition) is 3. The number of carboxylic acids is 1. The molecular weight excluding hydrogens is 260 g/mol. The Balaban J connectivity index is 2.59. The third-order valence-electron chi connectivity index (χ3n) is 3.11. The van der Waals surface area contributed by atoms with E-state index in [2.05, 4.69) is 11.2 Å². The summed E-state index contributed by atoms with van der Waals surface area (Å²) in [5, 5.41) is 11.3. The van der Waals surface area contributed by atoms with Crippen LogP contribution in [-0.4, -0.2) is 46.9 Å². The fraction of sp³-hybridized carbons (Fsp3) is 0.643. The number of carboxylic acid groups (broad SMARTS) is 1. The lowest BCUT2D eigenvalue weighted by Crippen LogP contribution is -2.44. The van der Waals surface area contributed by atoms with Crippen LogP contribution in [0.4, 0.5) is 0 Å². The molecule has 0 aromatic carbocycles. The second-order valence-corrected chi connectivity index (χ2v) is 5.40. The summed E-state index contributed by atoms with van der Waals surface area (Å²) in [5.41, 5.74) is 0. The highest BCUT2D eigenvalue weighted by Crippen LogP contribution is 2.19. The summed E-state index contributed by atoms with van der Waals surface area (Å²) < 4.78 is 0. The van der Waals surface area contributed by atoms with Crippen molar-refractivity contribution in [1.29, 1.82) is 0 Å². The van der Waals surface area contributed by atoms with Crippen LogP contribution in [0.3, 0.4) is 0 Å². The molecule has 0 aliphatic carbocycles. The van der Waals surface area contributed by atoms with E-state index < -0.39 is 23.8 Å². The molecule has 20 heavy (non-hydrogen) atoms. The molecular formula is C14H20N2O4. The third kappa shape index (κ3) is 4.26. The number of hydrogen-bond donors (Lipinski definition) is 2. The molecule has 0 spiro atoms. The third-order valence-corrected chi connectivity index (χ3v) is 3.11. The minimum Gasteiger partial charge on any atom is -0.480 e. The van der Waals surface area contributed by atoms with Crippen LogP contribution in [0.5, 0.6) is 0 Å². The predicted octanol–water partition coefficient (Wildman–Crippen LogP) is 0.0836. The van der Waals surface area contributed by atoms with Crippen molar-refractivity contribution in [2.45, 2.75) is 32.7 Å². The molecule has 2 N–H and O–H groups in total. The normalized spacial score (nSPS) is 19.8. The van der Waals surface area contributed by atoms with Gasteiger partial charge in [-0.15, -0.1) is 12.3 Å². The Bertz CT molecular complexity index is 439. The van der Waals surface area contributed by atoms with Gasteiger partial charge in [-0.25, -0.2) is 4.79 Å². The first-order chi connectivity index (χ1) is 9.35. The van der Waals surface area contributed by atoms with Gasteiger partial charge in [0.05, 0.1) is 5.92 Å². The van der Waals surface area contributed by atoms with Gasteiger partial charge in [-0.2, -0.15) is 0 Å². The van der Waals surface area contributed by atoms with Crippen LogP contribution in [0.1, 0.15) is 26.7 Å². The standard InChI is InChI=1S/C14H20N2O4/c1-4-5-11(14(19)20)15-13(18)10-6-12(17)16(8-10)7-9(2)3/h1,9-11H,5-8H2,2-3H3,(H,15,18)(H,19,20). The van der Waals surface area contributed by atoms with Crippen LogP contribution >= 0.6 is 0 Å². The topological polar surface area (TPSA) is 86.7 Å². The minimum atomic E-state index is -1.17. The molecule has 6 heteroatoms. The molecule has 1 rings (SSSR count). The van der Waals surface area contributed by atoms with Crippen molar-refractivity contribution in [3.63, 3.8) is 0 Å². The Morgan fingerprint density at radius 2 is 2.20 bits per heavy atom. The summed E-state index contributed by atoms with van der Waals surface area (Å²) in [4.78, 5) is 36.3. The van der Waals surface area contributed by atoms with Crippen LogP contribution in [-0.2, 0) is 14.4 Å². The Kier molecular flexibility index (Phi) is 5.56. The number of rotatable bonds is 6. The van der Waals surface area contributed by atoms with E-state index in [1.54, 1.807) is 4.90 Å². The maximum Gasteiger partial charge on any atom is 0.327 e. The molecule has 2 atom stereocenters. The summed E-state index contributed by atoms with van der Waals surface area (Å²) in [6.07, 6.45) is 5.12. The fourth-order valence-electron chi connectivity index (χ4n) is 2.17. The molecule has 1 saturated heterocycles. The number of terminal acetylenes is 1.